The number of carbonyl (C=O) groups is 3. The molecule has 2 aliphatic heterocycles. The quantitative estimate of drug-likeness (QED) is 0.413. The first-order valence-corrected chi connectivity index (χ1v) is 13.4. The van der Waals surface area contributed by atoms with E-state index in [1.54, 1.807) is 35.2 Å². The number of nitrogens with zero attached hydrogens (tertiary/aromatic N) is 3. The third-order valence-corrected chi connectivity index (χ3v) is 7.82. The van der Waals surface area contributed by atoms with E-state index in [0.29, 0.717) is 46.1 Å². The van der Waals surface area contributed by atoms with Gasteiger partial charge in [-0.25, -0.2) is 0 Å². The number of hydrogen-bond acceptors (Lipinski definition) is 7. The fraction of sp³-hybridized carbons (Fsp3) is 0.333. The second-order valence-corrected chi connectivity index (χ2v) is 10.8. The van der Waals surface area contributed by atoms with Gasteiger partial charge >= 0.3 is 0 Å². The fourth-order valence-corrected chi connectivity index (χ4v) is 5.49. The van der Waals surface area contributed by atoms with E-state index in [4.69, 9.17) is 14.7 Å². The molecule has 8 nitrogen and oxygen atoms in total. The van der Waals surface area contributed by atoms with Crippen molar-refractivity contribution < 1.29 is 23.9 Å². The highest BCUT2D eigenvalue weighted by atomic mass is 79.9. The summed E-state index contributed by atoms with van der Waals surface area (Å²) in [4.78, 5) is 41.2. The summed E-state index contributed by atoms with van der Waals surface area (Å²) in [5.74, 6) is 0.823. The minimum atomic E-state index is -0.482. The molecule has 0 unspecified atom stereocenters. The maximum atomic E-state index is 13.0. The Morgan fingerprint density at radius 2 is 1.92 bits per heavy atom. The number of hydrogen-bond donors (Lipinski definition) is 0. The molecular formula is C27H26BrN3O5S. The van der Waals surface area contributed by atoms with Crippen LogP contribution in [0, 0.1) is 17.2 Å². The van der Waals surface area contributed by atoms with Crippen LogP contribution in [0.3, 0.4) is 0 Å². The van der Waals surface area contributed by atoms with Gasteiger partial charge in [-0.05, 0) is 87.9 Å². The zero-order chi connectivity index (χ0) is 26.5. The molecule has 2 saturated heterocycles. The first kappa shape index (κ1) is 26.8. The van der Waals surface area contributed by atoms with E-state index in [0.717, 1.165) is 35.1 Å². The van der Waals surface area contributed by atoms with Crippen molar-refractivity contribution >= 4 is 50.8 Å². The van der Waals surface area contributed by atoms with Gasteiger partial charge < -0.3 is 14.4 Å². The lowest BCUT2D eigenvalue weighted by Crippen LogP contribution is -2.45. The Balaban J connectivity index is 1.46. The molecule has 2 heterocycles. The highest BCUT2D eigenvalue weighted by Crippen LogP contribution is 2.39. The number of imide groups is 1. The molecule has 3 amide bonds. The van der Waals surface area contributed by atoms with Gasteiger partial charge in [0.2, 0.25) is 5.91 Å². The predicted molar refractivity (Wildman–Crippen MR) is 144 cm³/mol. The predicted octanol–water partition coefficient (Wildman–Crippen LogP) is 5.20. The van der Waals surface area contributed by atoms with E-state index in [1.807, 2.05) is 12.1 Å². The topological polar surface area (TPSA) is 99.9 Å². The number of methoxy groups -OCH3 is 1. The summed E-state index contributed by atoms with van der Waals surface area (Å²) < 4.78 is 12.1. The standard InChI is InChI=1S/C27H26BrN3O5S/c1-17-7-9-30(10-8-17)24(32)15-31-26(33)23(37-27(31)34)13-20-11-21(28)25(22(12-20)35-2)36-16-19-5-3-18(14-29)4-6-19/h3-6,11-13,17H,7-10,15-16H2,1-2H3/b23-13+. The summed E-state index contributed by atoms with van der Waals surface area (Å²) in [5, 5.41) is 8.49. The lowest BCUT2D eigenvalue weighted by Gasteiger charge is -2.31. The summed E-state index contributed by atoms with van der Waals surface area (Å²) in [7, 11) is 1.51. The molecular weight excluding hydrogens is 558 g/mol. The summed E-state index contributed by atoms with van der Waals surface area (Å²) in [5.41, 5.74) is 2.09. The molecule has 2 fully saturated rings. The monoisotopic (exact) mass is 583 g/mol. The number of carbonyl (C=O) groups excluding carboxylic acids is 3. The van der Waals surface area contributed by atoms with Gasteiger partial charge in [-0.3, -0.25) is 19.3 Å². The Hall–Kier alpha value is -3.29. The van der Waals surface area contributed by atoms with Gasteiger partial charge in [0.15, 0.2) is 11.5 Å². The van der Waals surface area contributed by atoms with Gasteiger partial charge in [0.1, 0.15) is 13.2 Å². The first-order valence-electron chi connectivity index (χ1n) is 11.8. The van der Waals surface area contributed by atoms with Gasteiger partial charge in [-0.2, -0.15) is 5.26 Å². The number of amides is 3. The Kier molecular flexibility index (Phi) is 8.56. The largest absolute Gasteiger partial charge is 0.493 e. The molecule has 0 saturated carbocycles. The number of benzene rings is 2. The van der Waals surface area contributed by atoms with Gasteiger partial charge in [0.05, 0.1) is 28.1 Å². The minimum absolute atomic E-state index is 0.205. The SMILES string of the molecule is COc1cc(/C=C2/SC(=O)N(CC(=O)N3CCC(C)CC3)C2=O)cc(Br)c1OCc1ccc(C#N)cc1. The number of halogens is 1. The number of rotatable bonds is 7. The van der Waals surface area contributed by atoms with E-state index >= 15 is 0 Å². The first-order chi connectivity index (χ1) is 17.8. The Labute approximate surface area is 228 Å². The molecule has 0 spiro atoms. The lowest BCUT2D eigenvalue weighted by molar-refractivity contribution is -0.136. The summed E-state index contributed by atoms with van der Waals surface area (Å²) in [6.45, 7) is 3.48. The van der Waals surface area contributed by atoms with Crippen LogP contribution in [0.25, 0.3) is 6.08 Å². The van der Waals surface area contributed by atoms with Crippen molar-refractivity contribution in [1.82, 2.24) is 9.80 Å². The van der Waals surface area contributed by atoms with E-state index in [-0.39, 0.29) is 24.0 Å². The minimum Gasteiger partial charge on any atom is -0.493 e. The highest BCUT2D eigenvalue weighted by molar-refractivity contribution is 9.10. The molecule has 37 heavy (non-hydrogen) atoms. The molecule has 0 N–H and O–H groups in total. The van der Waals surface area contributed by atoms with Gasteiger partial charge in [0.25, 0.3) is 11.1 Å². The second-order valence-electron chi connectivity index (χ2n) is 8.96. The molecule has 2 aromatic carbocycles. The van der Waals surface area contributed by atoms with Crippen LogP contribution < -0.4 is 9.47 Å². The Morgan fingerprint density at radius 3 is 2.57 bits per heavy atom. The highest BCUT2D eigenvalue weighted by Gasteiger charge is 2.37. The lowest BCUT2D eigenvalue weighted by atomic mass is 9.99. The van der Waals surface area contributed by atoms with Gasteiger partial charge in [-0.1, -0.05) is 19.1 Å². The van der Waals surface area contributed by atoms with Gasteiger partial charge in [0, 0.05) is 13.1 Å². The average molecular weight is 584 g/mol. The molecule has 0 bridgehead atoms. The summed E-state index contributed by atoms with van der Waals surface area (Å²) >= 11 is 4.32. The average Bonchev–Trinajstić information content (AvgIpc) is 3.15. The summed E-state index contributed by atoms with van der Waals surface area (Å²) in [6, 6.07) is 12.7. The molecule has 4 rings (SSSR count). The van der Waals surface area contributed by atoms with Crippen molar-refractivity contribution in [2.24, 2.45) is 5.92 Å². The molecule has 10 heteroatoms. The van der Waals surface area contributed by atoms with Crippen molar-refractivity contribution in [2.45, 2.75) is 26.4 Å². The number of thioether (sulfide) groups is 1. The van der Waals surface area contributed by atoms with Crippen LogP contribution in [-0.2, 0) is 16.2 Å². The number of ether oxygens (including phenoxy) is 2. The number of likely N-dealkylation sites (tertiary alicyclic amines) is 1. The zero-order valence-electron chi connectivity index (χ0n) is 20.5. The fourth-order valence-electron chi connectivity index (χ4n) is 4.08. The van der Waals surface area contributed by atoms with Crippen LogP contribution >= 0.6 is 27.7 Å². The van der Waals surface area contributed by atoms with Crippen LogP contribution in [0.15, 0.2) is 45.8 Å². The normalized spacial score (nSPS) is 17.3. The second kappa shape index (κ2) is 11.8. The van der Waals surface area contributed by atoms with E-state index in [9.17, 15) is 14.4 Å². The third kappa shape index (κ3) is 6.35. The smallest absolute Gasteiger partial charge is 0.294 e. The Bertz CT molecular complexity index is 1280. The molecule has 0 atom stereocenters. The molecule has 0 aliphatic carbocycles. The Morgan fingerprint density at radius 1 is 1.22 bits per heavy atom. The van der Waals surface area contributed by atoms with Crippen LogP contribution in [0.4, 0.5) is 4.79 Å². The van der Waals surface area contributed by atoms with E-state index < -0.39 is 11.1 Å². The molecule has 2 aliphatic rings. The zero-order valence-corrected chi connectivity index (χ0v) is 22.9. The molecule has 2 aromatic rings. The van der Waals surface area contributed by atoms with E-state index in [1.165, 1.54) is 7.11 Å². The van der Waals surface area contributed by atoms with Crippen molar-refractivity contribution in [3.63, 3.8) is 0 Å². The number of nitriles is 1. The summed E-state index contributed by atoms with van der Waals surface area (Å²) in [6.07, 6.45) is 3.46. The number of piperidine rings is 1. The van der Waals surface area contributed by atoms with Crippen LogP contribution in [0.5, 0.6) is 11.5 Å². The molecule has 0 radical (unpaired) electrons. The maximum absolute atomic E-state index is 13.0. The van der Waals surface area contributed by atoms with Crippen LogP contribution in [-0.4, -0.2) is 53.6 Å². The van der Waals surface area contributed by atoms with E-state index in [2.05, 4.69) is 28.9 Å². The van der Waals surface area contributed by atoms with Gasteiger partial charge in [-0.15, -0.1) is 0 Å². The molecule has 192 valence electrons. The van der Waals surface area contributed by atoms with Crippen molar-refractivity contribution in [3.05, 3.63) is 62.5 Å². The molecule has 0 aromatic heterocycles. The maximum Gasteiger partial charge on any atom is 0.294 e. The van der Waals surface area contributed by atoms with Crippen molar-refractivity contribution in [3.8, 4) is 17.6 Å². The van der Waals surface area contributed by atoms with Crippen molar-refractivity contribution in [1.29, 1.82) is 5.26 Å². The van der Waals surface area contributed by atoms with Crippen LogP contribution in [0.1, 0.15) is 36.5 Å². The third-order valence-electron chi connectivity index (χ3n) is 6.32. The van der Waals surface area contributed by atoms with Crippen LogP contribution in [0.2, 0.25) is 0 Å². The van der Waals surface area contributed by atoms with Crippen molar-refractivity contribution in [2.75, 3.05) is 26.7 Å².